The van der Waals surface area contributed by atoms with Gasteiger partial charge in [-0.1, -0.05) is 33.1 Å². The van der Waals surface area contributed by atoms with Gasteiger partial charge in [0.1, 0.15) is 0 Å². The van der Waals surface area contributed by atoms with Crippen molar-refractivity contribution in [3.05, 3.63) is 0 Å². The highest BCUT2D eigenvalue weighted by Gasteiger charge is 2.28. The molecule has 1 aliphatic rings. The molecule has 2 nitrogen and oxygen atoms in total. The predicted octanol–water partition coefficient (Wildman–Crippen LogP) is 3.67. The van der Waals surface area contributed by atoms with Gasteiger partial charge < -0.3 is 5.32 Å². The van der Waals surface area contributed by atoms with E-state index in [0.717, 1.165) is 18.5 Å². The van der Waals surface area contributed by atoms with Crippen LogP contribution < -0.4 is 5.32 Å². The zero-order chi connectivity index (χ0) is 13.6. The molecule has 1 N–H and O–H groups in total. The largest absolute Gasteiger partial charge is 0.310 e. The van der Waals surface area contributed by atoms with Gasteiger partial charge in [-0.05, 0) is 46.1 Å². The summed E-state index contributed by atoms with van der Waals surface area (Å²) in [6.07, 6.45) is 6.75. The molecule has 0 saturated carbocycles. The molecule has 2 heteroatoms. The summed E-state index contributed by atoms with van der Waals surface area (Å²) in [7, 11) is 0. The Morgan fingerprint density at radius 1 is 1.33 bits per heavy atom. The lowest BCUT2D eigenvalue weighted by Crippen LogP contribution is -2.48. The number of nitrogens with zero attached hydrogens (tertiary/aromatic N) is 1. The fraction of sp³-hybridized carbons (Fsp3) is 1.00. The fourth-order valence-electron chi connectivity index (χ4n) is 3.01. The van der Waals surface area contributed by atoms with Crippen molar-refractivity contribution in [3.8, 4) is 0 Å². The van der Waals surface area contributed by atoms with Gasteiger partial charge >= 0.3 is 0 Å². The zero-order valence-electron chi connectivity index (χ0n) is 13.3. The van der Waals surface area contributed by atoms with Crippen LogP contribution in [0, 0.1) is 5.92 Å². The summed E-state index contributed by atoms with van der Waals surface area (Å²) in [5, 5.41) is 3.67. The van der Waals surface area contributed by atoms with Crippen molar-refractivity contribution in [3.63, 3.8) is 0 Å². The summed E-state index contributed by atoms with van der Waals surface area (Å²) >= 11 is 0. The maximum atomic E-state index is 3.67. The van der Waals surface area contributed by atoms with Gasteiger partial charge in [-0.25, -0.2) is 0 Å². The minimum Gasteiger partial charge on any atom is -0.310 e. The van der Waals surface area contributed by atoms with Crippen LogP contribution in [0.2, 0.25) is 0 Å². The molecule has 108 valence electrons. The minimum atomic E-state index is 0.272. The highest BCUT2D eigenvalue weighted by atomic mass is 15.2. The Morgan fingerprint density at radius 3 is 2.67 bits per heavy atom. The van der Waals surface area contributed by atoms with Gasteiger partial charge in [0.15, 0.2) is 0 Å². The number of nitrogens with one attached hydrogen (secondary N) is 1. The quantitative estimate of drug-likeness (QED) is 0.778. The first kappa shape index (κ1) is 16.0. The molecule has 18 heavy (non-hydrogen) atoms. The average Bonchev–Trinajstić information content (AvgIpc) is 2.43. The van der Waals surface area contributed by atoms with Crippen molar-refractivity contribution in [2.45, 2.75) is 78.3 Å². The van der Waals surface area contributed by atoms with Crippen LogP contribution in [0.3, 0.4) is 0 Å². The lowest BCUT2D eigenvalue weighted by Gasteiger charge is -2.35. The Morgan fingerprint density at radius 2 is 2.06 bits per heavy atom. The van der Waals surface area contributed by atoms with Crippen molar-refractivity contribution in [2.75, 3.05) is 19.6 Å². The van der Waals surface area contributed by atoms with E-state index in [1.165, 1.54) is 45.2 Å². The van der Waals surface area contributed by atoms with Crippen molar-refractivity contribution in [1.82, 2.24) is 10.2 Å². The van der Waals surface area contributed by atoms with Gasteiger partial charge in [-0.3, -0.25) is 4.90 Å². The molecule has 1 saturated heterocycles. The van der Waals surface area contributed by atoms with Crippen LogP contribution in [-0.4, -0.2) is 36.1 Å². The first-order chi connectivity index (χ1) is 8.48. The molecule has 2 unspecified atom stereocenters. The number of unbranched alkanes of at least 4 members (excludes halogenated alkanes) is 1. The van der Waals surface area contributed by atoms with Gasteiger partial charge in [0, 0.05) is 24.7 Å². The van der Waals surface area contributed by atoms with Crippen molar-refractivity contribution in [2.24, 2.45) is 5.92 Å². The summed E-state index contributed by atoms with van der Waals surface area (Å²) in [6, 6.07) is 0.731. The van der Waals surface area contributed by atoms with E-state index in [1.54, 1.807) is 0 Å². The molecular weight excluding hydrogens is 220 g/mol. The lowest BCUT2D eigenvalue weighted by molar-refractivity contribution is 0.148. The molecule has 0 amide bonds. The first-order valence-corrected chi connectivity index (χ1v) is 7.97. The Labute approximate surface area is 115 Å². The maximum Gasteiger partial charge on any atom is 0.0252 e. The molecule has 0 radical (unpaired) electrons. The van der Waals surface area contributed by atoms with E-state index in [9.17, 15) is 0 Å². The van der Waals surface area contributed by atoms with E-state index in [4.69, 9.17) is 0 Å². The lowest BCUT2D eigenvalue weighted by atomic mass is 9.96. The normalized spacial score (nSPS) is 26.8. The van der Waals surface area contributed by atoms with E-state index in [-0.39, 0.29) is 5.54 Å². The summed E-state index contributed by atoms with van der Waals surface area (Å²) in [5.41, 5.74) is 0.272. The number of rotatable bonds is 6. The van der Waals surface area contributed by atoms with E-state index in [0.29, 0.717) is 0 Å². The number of hydrogen-bond donors (Lipinski definition) is 1. The minimum absolute atomic E-state index is 0.272. The molecule has 0 aromatic carbocycles. The highest BCUT2D eigenvalue weighted by Crippen LogP contribution is 2.20. The van der Waals surface area contributed by atoms with Gasteiger partial charge in [0.25, 0.3) is 0 Å². The highest BCUT2D eigenvalue weighted by molar-refractivity contribution is 4.88. The second kappa shape index (κ2) is 7.49. The Hall–Kier alpha value is -0.0800. The molecule has 0 aliphatic carbocycles. The molecule has 1 heterocycles. The molecule has 1 rings (SSSR count). The molecule has 1 aliphatic heterocycles. The molecule has 0 aromatic heterocycles. The van der Waals surface area contributed by atoms with Crippen LogP contribution in [0.4, 0.5) is 0 Å². The molecule has 2 atom stereocenters. The van der Waals surface area contributed by atoms with Crippen LogP contribution in [0.1, 0.15) is 66.7 Å². The monoisotopic (exact) mass is 254 g/mol. The molecular formula is C16H34N2. The zero-order valence-corrected chi connectivity index (χ0v) is 13.3. The Bertz CT molecular complexity index is 225. The molecule has 1 fully saturated rings. The van der Waals surface area contributed by atoms with Crippen LogP contribution in [0.25, 0.3) is 0 Å². The van der Waals surface area contributed by atoms with Crippen LogP contribution in [-0.2, 0) is 0 Å². The van der Waals surface area contributed by atoms with Gasteiger partial charge in [-0.2, -0.15) is 0 Å². The molecule has 0 bridgehead atoms. The van der Waals surface area contributed by atoms with Crippen LogP contribution in [0.5, 0.6) is 0 Å². The van der Waals surface area contributed by atoms with Gasteiger partial charge in [0.2, 0.25) is 0 Å². The van der Waals surface area contributed by atoms with Crippen molar-refractivity contribution >= 4 is 0 Å². The van der Waals surface area contributed by atoms with Crippen LogP contribution in [0.15, 0.2) is 0 Å². The topological polar surface area (TPSA) is 15.3 Å². The third-order valence-electron chi connectivity index (χ3n) is 4.42. The smallest absolute Gasteiger partial charge is 0.0252 e. The predicted molar refractivity (Wildman–Crippen MR) is 81.0 cm³/mol. The SMILES string of the molecule is CCCCC(CC)CN1CC(C)(C)NCCC1C. The van der Waals surface area contributed by atoms with Crippen molar-refractivity contribution in [1.29, 1.82) is 0 Å². The fourth-order valence-corrected chi connectivity index (χ4v) is 3.01. The number of hydrogen-bond acceptors (Lipinski definition) is 2. The second-order valence-electron chi connectivity index (χ2n) is 6.79. The molecule has 0 spiro atoms. The summed E-state index contributed by atoms with van der Waals surface area (Å²) in [5.74, 6) is 0.890. The van der Waals surface area contributed by atoms with Crippen molar-refractivity contribution < 1.29 is 0 Å². The Kier molecular flexibility index (Phi) is 6.65. The van der Waals surface area contributed by atoms with E-state index in [2.05, 4.69) is 44.8 Å². The van der Waals surface area contributed by atoms with E-state index < -0.39 is 0 Å². The third kappa shape index (κ3) is 5.27. The standard InChI is InChI=1S/C16H34N2/c1-6-8-9-15(7-2)12-18-13-16(4,5)17-11-10-14(18)3/h14-15,17H,6-13H2,1-5H3. The average molecular weight is 254 g/mol. The van der Waals surface area contributed by atoms with E-state index >= 15 is 0 Å². The second-order valence-corrected chi connectivity index (χ2v) is 6.79. The maximum absolute atomic E-state index is 3.67. The van der Waals surface area contributed by atoms with Gasteiger partial charge in [-0.15, -0.1) is 0 Å². The first-order valence-electron chi connectivity index (χ1n) is 7.97. The van der Waals surface area contributed by atoms with E-state index in [1.807, 2.05) is 0 Å². The molecule has 0 aromatic rings. The third-order valence-corrected chi connectivity index (χ3v) is 4.42. The van der Waals surface area contributed by atoms with Crippen LogP contribution >= 0.6 is 0 Å². The summed E-state index contributed by atoms with van der Waals surface area (Å²) in [4.78, 5) is 2.73. The summed E-state index contributed by atoms with van der Waals surface area (Å²) in [6.45, 7) is 15.4. The summed E-state index contributed by atoms with van der Waals surface area (Å²) < 4.78 is 0. The Balaban J connectivity index is 2.54. The van der Waals surface area contributed by atoms with Gasteiger partial charge in [0.05, 0.1) is 0 Å².